The summed E-state index contributed by atoms with van der Waals surface area (Å²) in [5, 5.41) is 7.69. The van der Waals surface area contributed by atoms with E-state index >= 15 is 0 Å². The van der Waals surface area contributed by atoms with Crippen molar-refractivity contribution in [1.82, 2.24) is 5.32 Å². The smallest absolute Gasteiger partial charge is 0.259 e. The van der Waals surface area contributed by atoms with Crippen LogP contribution in [0.5, 0.6) is 5.75 Å². The van der Waals surface area contributed by atoms with Crippen molar-refractivity contribution in [1.29, 1.82) is 0 Å². The Kier molecular flexibility index (Phi) is 5.57. The molecule has 154 valence electrons. The lowest BCUT2D eigenvalue weighted by Crippen LogP contribution is -2.30. The first-order valence-electron chi connectivity index (χ1n) is 10.0. The minimum Gasteiger partial charge on any atom is -0.483 e. The topological polar surface area (TPSA) is 70.7 Å². The van der Waals surface area contributed by atoms with Gasteiger partial charge in [0.2, 0.25) is 0 Å². The summed E-state index contributed by atoms with van der Waals surface area (Å²) in [6.07, 6.45) is 2.03. The summed E-state index contributed by atoms with van der Waals surface area (Å²) in [5.41, 5.74) is 2.13. The molecule has 6 heteroatoms. The fourth-order valence-corrected chi connectivity index (χ4v) is 3.20. The highest BCUT2D eigenvalue weighted by Crippen LogP contribution is 2.28. The minimum atomic E-state index is -0.282. The molecule has 1 aliphatic rings. The fraction of sp³-hybridized carbons (Fsp3) is 0.250. The van der Waals surface area contributed by atoms with E-state index in [0.29, 0.717) is 17.0 Å². The van der Waals surface area contributed by atoms with E-state index in [0.717, 1.165) is 29.3 Å². The molecule has 2 amide bonds. The first-order valence-corrected chi connectivity index (χ1v) is 10.0. The highest BCUT2D eigenvalue weighted by Gasteiger charge is 2.23. The van der Waals surface area contributed by atoms with Crippen LogP contribution in [0.4, 0.5) is 11.4 Å². The van der Waals surface area contributed by atoms with E-state index < -0.39 is 0 Å². The van der Waals surface area contributed by atoms with Crippen LogP contribution in [0.3, 0.4) is 0 Å². The molecule has 0 unspecified atom stereocenters. The van der Waals surface area contributed by atoms with Crippen LogP contribution in [-0.2, 0) is 4.79 Å². The number of carbonyl (C=O) groups excluding carboxylic acids is 2. The van der Waals surface area contributed by atoms with Gasteiger partial charge in [0.25, 0.3) is 11.8 Å². The molecule has 0 spiro atoms. The first-order chi connectivity index (χ1) is 14.5. The summed E-state index contributed by atoms with van der Waals surface area (Å²) in [4.78, 5) is 27.1. The third kappa shape index (κ3) is 4.71. The van der Waals surface area contributed by atoms with E-state index in [2.05, 4.69) is 10.6 Å². The third-order valence-electron chi connectivity index (χ3n) is 5.04. The highest BCUT2D eigenvalue weighted by molar-refractivity contribution is 6.08. The first kappa shape index (κ1) is 19.8. The van der Waals surface area contributed by atoms with Crippen molar-refractivity contribution in [3.8, 4) is 5.75 Å². The Bertz CT molecular complexity index is 1070. The van der Waals surface area contributed by atoms with Gasteiger partial charge in [-0.2, -0.15) is 0 Å². The van der Waals surface area contributed by atoms with Gasteiger partial charge in [0.05, 0.1) is 5.56 Å². The van der Waals surface area contributed by atoms with Crippen LogP contribution in [0.15, 0.2) is 60.7 Å². The monoisotopic (exact) mass is 403 g/mol. The molecule has 6 nitrogen and oxygen atoms in total. The molecule has 30 heavy (non-hydrogen) atoms. The Morgan fingerprint density at radius 1 is 1.00 bits per heavy atom. The minimum absolute atomic E-state index is 0.118. The number of hydrogen-bond donors (Lipinski definition) is 2. The van der Waals surface area contributed by atoms with E-state index in [1.165, 1.54) is 0 Å². The summed E-state index contributed by atoms with van der Waals surface area (Å²) < 4.78 is 5.77. The molecule has 0 aromatic heterocycles. The molecule has 0 atom stereocenters. The van der Waals surface area contributed by atoms with Crippen LogP contribution >= 0.6 is 0 Å². The van der Waals surface area contributed by atoms with E-state index in [4.69, 9.17) is 4.74 Å². The molecule has 0 radical (unpaired) electrons. The largest absolute Gasteiger partial charge is 0.483 e. The SMILES string of the molecule is CN(C)c1ccc(NC(=O)c2cc3ccccc3cc2OCC(=O)NC2CC2)cc1. The van der Waals surface area contributed by atoms with Crippen molar-refractivity contribution in [2.75, 3.05) is 30.9 Å². The summed E-state index contributed by atoms with van der Waals surface area (Å²) in [5.74, 6) is -0.0608. The standard InChI is InChI=1S/C24H25N3O3/c1-27(2)20-11-9-19(10-12-20)26-24(29)21-13-16-5-3-4-6-17(16)14-22(21)30-15-23(28)25-18-7-8-18/h3-6,9-14,18H,7-8,15H2,1-2H3,(H,25,28)(H,26,29). The van der Waals surface area contributed by atoms with E-state index in [9.17, 15) is 9.59 Å². The molecule has 3 aromatic rings. The molecule has 1 saturated carbocycles. The number of nitrogens with zero attached hydrogens (tertiary/aromatic N) is 1. The maximum absolute atomic E-state index is 13.0. The summed E-state index contributed by atoms with van der Waals surface area (Å²) in [6.45, 7) is -0.118. The molecular weight excluding hydrogens is 378 g/mol. The Hall–Kier alpha value is -3.54. The number of fused-ring (bicyclic) bond motifs is 1. The summed E-state index contributed by atoms with van der Waals surface area (Å²) >= 11 is 0. The number of carbonyl (C=O) groups is 2. The molecule has 0 bridgehead atoms. The molecule has 4 rings (SSSR count). The van der Waals surface area contributed by atoms with Crippen LogP contribution in [0.1, 0.15) is 23.2 Å². The van der Waals surface area contributed by atoms with Gasteiger partial charge >= 0.3 is 0 Å². The average Bonchev–Trinajstić information content (AvgIpc) is 3.55. The molecule has 1 aliphatic carbocycles. The molecule has 1 fully saturated rings. The fourth-order valence-electron chi connectivity index (χ4n) is 3.20. The molecular formula is C24H25N3O3. The second-order valence-electron chi connectivity index (χ2n) is 7.72. The quantitative estimate of drug-likeness (QED) is 0.629. The van der Waals surface area contributed by atoms with Crippen molar-refractivity contribution in [2.24, 2.45) is 0 Å². The van der Waals surface area contributed by atoms with Gasteiger partial charge in [-0.05, 0) is 60.0 Å². The van der Waals surface area contributed by atoms with Gasteiger partial charge in [0.15, 0.2) is 6.61 Å². The van der Waals surface area contributed by atoms with Crippen LogP contribution in [0.25, 0.3) is 10.8 Å². The van der Waals surface area contributed by atoms with E-state index in [-0.39, 0.29) is 24.5 Å². The maximum Gasteiger partial charge on any atom is 0.259 e. The third-order valence-corrected chi connectivity index (χ3v) is 5.04. The molecule has 0 heterocycles. The van der Waals surface area contributed by atoms with Gasteiger partial charge in [0, 0.05) is 31.5 Å². The zero-order valence-corrected chi connectivity index (χ0v) is 17.1. The number of benzene rings is 3. The molecule has 2 N–H and O–H groups in total. The van der Waals surface area contributed by atoms with Crippen LogP contribution in [-0.4, -0.2) is 38.6 Å². The lowest BCUT2D eigenvalue weighted by Gasteiger charge is -2.15. The average molecular weight is 403 g/mol. The van der Waals surface area contributed by atoms with Crippen molar-refractivity contribution < 1.29 is 14.3 Å². The van der Waals surface area contributed by atoms with Gasteiger partial charge < -0.3 is 20.3 Å². The predicted molar refractivity (Wildman–Crippen MR) is 119 cm³/mol. The van der Waals surface area contributed by atoms with Gasteiger partial charge in [-0.3, -0.25) is 9.59 Å². The van der Waals surface area contributed by atoms with Crippen LogP contribution in [0.2, 0.25) is 0 Å². The van der Waals surface area contributed by atoms with Crippen molar-refractivity contribution in [3.05, 3.63) is 66.2 Å². The van der Waals surface area contributed by atoms with Crippen LogP contribution < -0.4 is 20.3 Å². The normalized spacial score (nSPS) is 13.0. The number of hydrogen-bond acceptors (Lipinski definition) is 4. The lowest BCUT2D eigenvalue weighted by atomic mass is 10.1. The van der Waals surface area contributed by atoms with E-state index in [1.807, 2.05) is 73.6 Å². The highest BCUT2D eigenvalue weighted by atomic mass is 16.5. The molecule has 0 aliphatic heterocycles. The maximum atomic E-state index is 13.0. The van der Waals surface area contributed by atoms with Crippen molar-refractivity contribution in [2.45, 2.75) is 18.9 Å². The second kappa shape index (κ2) is 8.45. The Labute approximate surface area is 175 Å². The van der Waals surface area contributed by atoms with Crippen LogP contribution in [0, 0.1) is 0 Å². The zero-order chi connectivity index (χ0) is 21.1. The van der Waals surface area contributed by atoms with Crippen molar-refractivity contribution >= 4 is 34.0 Å². The lowest BCUT2D eigenvalue weighted by molar-refractivity contribution is -0.123. The number of nitrogens with one attached hydrogen (secondary N) is 2. The molecule has 0 saturated heterocycles. The number of ether oxygens (including phenoxy) is 1. The van der Waals surface area contributed by atoms with Gasteiger partial charge in [-0.25, -0.2) is 0 Å². The van der Waals surface area contributed by atoms with Gasteiger partial charge in [-0.15, -0.1) is 0 Å². The molecule has 3 aromatic carbocycles. The van der Waals surface area contributed by atoms with Gasteiger partial charge in [0.1, 0.15) is 5.75 Å². The zero-order valence-electron chi connectivity index (χ0n) is 17.1. The Morgan fingerprint density at radius 3 is 2.30 bits per heavy atom. The number of anilines is 2. The second-order valence-corrected chi connectivity index (χ2v) is 7.72. The Balaban J connectivity index is 1.56. The summed E-state index contributed by atoms with van der Waals surface area (Å²) in [6, 6.07) is 19.2. The number of rotatable bonds is 7. The van der Waals surface area contributed by atoms with E-state index in [1.54, 1.807) is 6.07 Å². The number of amides is 2. The summed E-state index contributed by atoms with van der Waals surface area (Å²) in [7, 11) is 3.93. The predicted octanol–water partition coefficient (Wildman–Crippen LogP) is 3.82. The Morgan fingerprint density at radius 2 is 1.67 bits per heavy atom. The van der Waals surface area contributed by atoms with Crippen molar-refractivity contribution in [3.63, 3.8) is 0 Å². The van der Waals surface area contributed by atoms with Gasteiger partial charge in [-0.1, -0.05) is 24.3 Å².